The number of rotatable bonds is 3. The lowest BCUT2D eigenvalue weighted by Gasteiger charge is -2.10. The quantitative estimate of drug-likeness (QED) is 0.636. The van der Waals surface area contributed by atoms with Gasteiger partial charge in [-0.15, -0.1) is 11.6 Å². The Morgan fingerprint density at radius 1 is 1.10 bits per heavy atom. The van der Waals surface area contributed by atoms with Gasteiger partial charge in [-0.05, 0) is 30.3 Å². The number of aryl methyl sites for hydroxylation is 1. The van der Waals surface area contributed by atoms with E-state index in [9.17, 15) is 8.78 Å². The number of imidazole rings is 1. The van der Waals surface area contributed by atoms with Crippen molar-refractivity contribution in [3.8, 4) is 5.69 Å². The fraction of sp³-hybridized carbons (Fsp3) is 0.133. The van der Waals surface area contributed by atoms with Crippen molar-refractivity contribution < 1.29 is 8.78 Å². The molecule has 3 rings (SSSR count). The zero-order chi connectivity index (χ0) is 15.0. The zero-order valence-electron chi connectivity index (χ0n) is 10.8. The number of fused-ring (bicyclic) bond motifs is 1. The zero-order valence-corrected chi connectivity index (χ0v) is 12.3. The van der Waals surface area contributed by atoms with Gasteiger partial charge in [0.2, 0.25) is 0 Å². The molecule has 0 saturated heterocycles. The second kappa shape index (κ2) is 5.62. The molecule has 108 valence electrons. The first-order valence-electron chi connectivity index (χ1n) is 6.28. The predicted octanol–water partition coefficient (Wildman–Crippen LogP) is 4.74. The van der Waals surface area contributed by atoms with Crippen LogP contribution in [-0.4, -0.2) is 15.4 Å². The van der Waals surface area contributed by atoms with Crippen molar-refractivity contribution in [3.05, 3.63) is 58.9 Å². The Balaban J connectivity index is 2.32. The Morgan fingerprint density at radius 2 is 1.90 bits per heavy atom. The van der Waals surface area contributed by atoms with Gasteiger partial charge in [0.1, 0.15) is 17.5 Å². The first kappa shape index (κ1) is 14.3. The van der Waals surface area contributed by atoms with Crippen molar-refractivity contribution in [3.63, 3.8) is 0 Å². The Morgan fingerprint density at radius 3 is 2.62 bits per heavy atom. The van der Waals surface area contributed by atoms with E-state index in [0.717, 1.165) is 0 Å². The minimum absolute atomic E-state index is 0.271. The second-order valence-electron chi connectivity index (χ2n) is 4.53. The van der Waals surface area contributed by atoms with E-state index < -0.39 is 11.6 Å². The molecule has 0 aliphatic rings. The number of nitrogens with zero attached hydrogens (tertiary/aromatic N) is 2. The van der Waals surface area contributed by atoms with E-state index in [2.05, 4.69) is 4.98 Å². The van der Waals surface area contributed by atoms with Crippen molar-refractivity contribution in [1.29, 1.82) is 0 Å². The summed E-state index contributed by atoms with van der Waals surface area (Å²) in [6.45, 7) is 0. The number of aromatic nitrogens is 2. The predicted molar refractivity (Wildman–Crippen MR) is 80.4 cm³/mol. The molecule has 0 amide bonds. The number of alkyl halides is 1. The van der Waals surface area contributed by atoms with Crippen LogP contribution in [0.1, 0.15) is 5.82 Å². The third-order valence-electron chi connectivity index (χ3n) is 3.15. The average molecular weight is 327 g/mol. The first-order valence-corrected chi connectivity index (χ1v) is 7.19. The van der Waals surface area contributed by atoms with Crippen molar-refractivity contribution in [1.82, 2.24) is 9.55 Å². The van der Waals surface area contributed by atoms with Gasteiger partial charge in [0.15, 0.2) is 0 Å². The molecule has 1 aromatic heterocycles. The summed E-state index contributed by atoms with van der Waals surface area (Å²) in [7, 11) is 0. The van der Waals surface area contributed by atoms with E-state index in [1.807, 2.05) is 0 Å². The van der Waals surface area contributed by atoms with Crippen molar-refractivity contribution in [2.45, 2.75) is 6.42 Å². The van der Waals surface area contributed by atoms with Crippen LogP contribution >= 0.6 is 23.2 Å². The molecule has 6 heteroatoms. The van der Waals surface area contributed by atoms with Crippen molar-refractivity contribution >= 4 is 34.2 Å². The van der Waals surface area contributed by atoms with Gasteiger partial charge >= 0.3 is 0 Å². The second-order valence-corrected chi connectivity index (χ2v) is 5.35. The van der Waals surface area contributed by atoms with Crippen LogP contribution in [0.5, 0.6) is 0 Å². The molecule has 0 spiro atoms. The molecule has 0 bridgehead atoms. The van der Waals surface area contributed by atoms with Crippen LogP contribution in [0.15, 0.2) is 36.4 Å². The number of hydrogen-bond donors (Lipinski definition) is 0. The van der Waals surface area contributed by atoms with E-state index in [0.29, 0.717) is 34.2 Å². The Labute approximate surface area is 129 Å². The summed E-state index contributed by atoms with van der Waals surface area (Å²) < 4.78 is 29.3. The highest BCUT2D eigenvalue weighted by atomic mass is 35.5. The molecule has 1 heterocycles. The van der Waals surface area contributed by atoms with E-state index in [-0.39, 0.29) is 5.69 Å². The maximum atomic E-state index is 14.2. The van der Waals surface area contributed by atoms with E-state index in [1.165, 1.54) is 18.2 Å². The SMILES string of the molecule is Fc1ccc2nc(CCCl)n(-c3ccc(Cl)cc3F)c2c1. The summed E-state index contributed by atoms with van der Waals surface area (Å²) in [6, 6.07) is 8.55. The van der Waals surface area contributed by atoms with Gasteiger partial charge in [0, 0.05) is 23.4 Å². The summed E-state index contributed by atoms with van der Waals surface area (Å²) in [5, 5.41) is 0.297. The lowest BCUT2D eigenvalue weighted by atomic mass is 10.2. The molecule has 0 unspecified atom stereocenters. The fourth-order valence-corrected chi connectivity index (χ4v) is 2.61. The summed E-state index contributed by atoms with van der Waals surface area (Å²) in [4.78, 5) is 4.40. The van der Waals surface area contributed by atoms with Gasteiger partial charge in [-0.2, -0.15) is 0 Å². The lowest BCUT2D eigenvalue weighted by molar-refractivity contribution is 0.615. The van der Waals surface area contributed by atoms with Gasteiger partial charge in [0.05, 0.1) is 16.7 Å². The number of hydrogen-bond acceptors (Lipinski definition) is 1. The fourth-order valence-electron chi connectivity index (χ4n) is 2.28. The molecule has 3 aromatic rings. The van der Waals surface area contributed by atoms with Gasteiger partial charge in [-0.1, -0.05) is 11.6 Å². The number of benzene rings is 2. The van der Waals surface area contributed by atoms with Crippen LogP contribution in [0.4, 0.5) is 8.78 Å². The van der Waals surface area contributed by atoms with Gasteiger partial charge in [-0.3, -0.25) is 4.57 Å². The van der Waals surface area contributed by atoms with E-state index in [1.54, 1.807) is 22.8 Å². The van der Waals surface area contributed by atoms with Crippen LogP contribution in [0.2, 0.25) is 5.02 Å². The third-order valence-corrected chi connectivity index (χ3v) is 3.58. The van der Waals surface area contributed by atoms with Gasteiger partial charge in [-0.25, -0.2) is 13.8 Å². The van der Waals surface area contributed by atoms with Gasteiger partial charge in [0.25, 0.3) is 0 Å². The van der Waals surface area contributed by atoms with Crippen LogP contribution in [0.3, 0.4) is 0 Å². The molecule has 0 atom stereocenters. The average Bonchev–Trinajstić information content (AvgIpc) is 2.77. The Hall–Kier alpha value is -1.65. The first-order chi connectivity index (χ1) is 10.1. The molecule has 0 radical (unpaired) electrons. The molecular weight excluding hydrogens is 317 g/mol. The molecular formula is C15H10Cl2F2N2. The van der Waals surface area contributed by atoms with Crippen molar-refractivity contribution in [2.24, 2.45) is 0 Å². The monoisotopic (exact) mass is 326 g/mol. The standard InChI is InChI=1S/C15H10Cl2F2N2/c16-6-5-15-20-12-3-2-10(18)8-14(12)21(15)13-4-1-9(17)7-11(13)19/h1-4,7-8H,5-6H2. The van der Waals surface area contributed by atoms with E-state index in [4.69, 9.17) is 23.2 Å². The van der Waals surface area contributed by atoms with Crippen LogP contribution in [0.25, 0.3) is 16.7 Å². The topological polar surface area (TPSA) is 17.8 Å². The molecule has 0 N–H and O–H groups in total. The van der Waals surface area contributed by atoms with Crippen molar-refractivity contribution in [2.75, 3.05) is 5.88 Å². The smallest absolute Gasteiger partial charge is 0.148 e. The highest BCUT2D eigenvalue weighted by molar-refractivity contribution is 6.30. The summed E-state index contributed by atoms with van der Waals surface area (Å²) in [5.74, 6) is 0.00485. The summed E-state index contributed by atoms with van der Waals surface area (Å²) >= 11 is 11.6. The molecule has 2 aromatic carbocycles. The molecule has 0 fully saturated rings. The lowest BCUT2D eigenvalue weighted by Crippen LogP contribution is -2.04. The highest BCUT2D eigenvalue weighted by Gasteiger charge is 2.16. The maximum Gasteiger partial charge on any atom is 0.148 e. The summed E-state index contributed by atoms with van der Waals surface area (Å²) in [6.07, 6.45) is 0.444. The van der Waals surface area contributed by atoms with Crippen LogP contribution < -0.4 is 0 Å². The third kappa shape index (κ3) is 2.61. The number of halogens is 4. The highest BCUT2D eigenvalue weighted by Crippen LogP contribution is 2.26. The minimum atomic E-state index is -0.498. The Bertz CT molecular complexity index is 815. The molecule has 0 saturated carbocycles. The summed E-state index contributed by atoms with van der Waals surface area (Å²) in [5.41, 5.74) is 1.36. The molecule has 2 nitrogen and oxygen atoms in total. The Kier molecular flexibility index (Phi) is 3.83. The van der Waals surface area contributed by atoms with Crippen LogP contribution in [0, 0.1) is 11.6 Å². The molecule has 0 aliphatic heterocycles. The van der Waals surface area contributed by atoms with Crippen LogP contribution in [-0.2, 0) is 6.42 Å². The largest absolute Gasteiger partial charge is 0.293 e. The minimum Gasteiger partial charge on any atom is -0.293 e. The normalized spacial score (nSPS) is 11.2. The maximum absolute atomic E-state index is 14.2. The van der Waals surface area contributed by atoms with Gasteiger partial charge < -0.3 is 0 Å². The molecule has 21 heavy (non-hydrogen) atoms. The van der Waals surface area contributed by atoms with E-state index >= 15 is 0 Å². The molecule has 0 aliphatic carbocycles.